The first-order valence-electron chi connectivity index (χ1n) is 6.65. The molecular formula is C15H22O3. The summed E-state index contributed by atoms with van der Waals surface area (Å²) >= 11 is 0. The highest BCUT2D eigenvalue weighted by Crippen LogP contribution is 2.45. The largest absolute Gasteiger partial charge is 0.481 e. The summed E-state index contributed by atoms with van der Waals surface area (Å²) in [6.45, 7) is 1.65. The Bertz CT molecular complexity index is 346. The first-order chi connectivity index (χ1) is 8.59. The summed E-state index contributed by atoms with van der Waals surface area (Å²) in [6, 6.07) is 0. The molecule has 3 nitrogen and oxygen atoms in total. The molecule has 0 aliphatic heterocycles. The smallest absolute Gasteiger partial charge is 0.303 e. The molecule has 1 unspecified atom stereocenters. The first-order valence-corrected chi connectivity index (χ1v) is 6.65. The van der Waals surface area contributed by atoms with Crippen LogP contribution < -0.4 is 0 Å². The van der Waals surface area contributed by atoms with E-state index < -0.39 is 12.1 Å². The fourth-order valence-corrected chi connectivity index (χ4v) is 2.15. The van der Waals surface area contributed by atoms with E-state index >= 15 is 0 Å². The van der Waals surface area contributed by atoms with E-state index in [1.807, 2.05) is 6.08 Å². The number of carboxylic acids is 1. The molecule has 0 aromatic rings. The van der Waals surface area contributed by atoms with Crippen LogP contribution in [0.25, 0.3) is 0 Å². The molecule has 2 N–H and O–H groups in total. The molecule has 3 heteroatoms. The van der Waals surface area contributed by atoms with Gasteiger partial charge in [-0.15, -0.1) is 0 Å². The zero-order valence-electron chi connectivity index (χ0n) is 10.9. The molecule has 1 fully saturated rings. The highest BCUT2D eigenvalue weighted by atomic mass is 16.4. The standard InChI is InChI=1S/C15H22O3/c1-12(16)7-4-2-3-5-8-13-11-14(13)9-6-10-15(17)18/h2-3,12-14,16H,5-6,8-11H2,1H3,(H,17,18)/b3-2-/t12?,13-,14+/m0/s1. The first kappa shape index (κ1) is 14.8. The second-order valence-corrected chi connectivity index (χ2v) is 4.99. The zero-order chi connectivity index (χ0) is 13.4. The summed E-state index contributed by atoms with van der Waals surface area (Å²) < 4.78 is 0. The van der Waals surface area contributed by atoms with E-state index in [9.17, 15) is 4.79 Å². The lowest BCUT2D eigenvalue weighted by molar-refractivity contribution is -0.137. The minimum absolute atomic E-state index is 0.304. The van der Waals surface area contributed by atoms with E-state index in [4.69, 9.17) is 10.2 Å². The fraction of sp³-hybridized carbons (Fsp3) is 0.667. The van der Waals surface area contributed by atoms with Gasteiger partial charge in [0.05, 0.1) is 0 Å². The number of aliphatic carboxylic acids is 1. The Kier molecular flexibility index (Phi) is 6.53. The molecule has 0 saturated heterocycles. The van der Waals surface area contributed by atoms with Crippen LogP contribution in [0.1, 0.15) is 45.4 Å². The minimum atomic E-state index is -0.688. The van der Waals surface area contributed by atoms with Crippen molar-refractivity contribution >= 4 is 5.97 Å². The van der Waals surface area contributed by atoms with E-state index in [1.54, 1.807) is 13.0 Å². The molecule has 1 saturated carbocycles. The van der Waals surface area contributed by atoms with Gasteiger partial charge < -0.3 is 10.2 Å². The quantitative estimate of drug-likeness (QED) is 0.683. The van der Waals surface area contributed by atoms with Crippen molar-refractivity contribution in [3.05, 3.63) is 12.2 Å². The van der Waals surface area contributed by atoms with Crippen molar-refractivity contribution in [3.8, 4) is 11.8 Å². The molecule has 3 atom stereocenters. The summed E-state index contributed by atoms with van der Waals surface area (Å²) in [7, 11) is 0. The Labute approximate surface area is 109 Å². The Morgan fingerprint density at radius 1 is 1.44 bits per heavy atom. The monoisotopic (exact) mass is 250 g/mol. The van der Waals surface area contributed by atoms with E-state index in [-0.39, 0.29) is 0 Å². The third-order valence-corrected chi connectivity index (χ3v) is 3.23. The lowest BCUT2D eigenvalue weighted by atomic mass is 10.1. The average Bonchev–Trinajstić information content (AvgIpc) is 3.01. The van der Waals surface area contributed by atoms with Crippen LogP contribution in [-0.4, -0.2) is 22.3 Å². The summed E-state index contributed by atoms with van der Waals surface area (Å²) in [6.07, 6.45) is 8.91. The third-order valence-electron chi connectivity index (χ3n) is 3.23. The van der Waals surface area contributed by atoms with Gasteiger partial charge in [0.25, 0.3) is 0 Å². The number of rotatable bonds is 7. The van der Waals surface area contributed by atoms with Gasteiger partial charge in [-0.05, 0) is 56.9 Å². The number of carboxylic acid groups (broad SMARTS) is 1. The summed E-state index contributed by atoms with van der Waals surface area (Å²) in [5.74, 6) is 6.30. The van der Waals surface area contributed by atoms with E-state index in [1.165, 1.54) is 12.8 Å². The molecule has 0 aromatic carbocycles. The van der Waals surface area contributed by atoms with Gasteiger partial charge in [0, 0.05) is 6.42 Å². The maximum absolute atomic E-state index is 10.4. The molecule has 0 spiro atoms. The van der Waals surface area contributed by atoms with Crippen LogP contribution in [0.15, 0.2) is 12.2 Å². The predicted molar refractivity (Wildman–Crippen MR) is 70.9 cm³/mol. The number of hydrogen-bond acceptors (Lipinski definition) is 2. The van der Waals surface area contributed by atoms with Crippen LogP contribution in [-0.2, 0) is 4.79 Å². The summed E-state index contributed by atoms with van der Waals surface area (Å²) in [5.41, 5.74) is 0. The number of allylic oxidation sites excluding steroid dienone is 2. The van der Waals surface area contributed by atoms with E-state index in [2.05, 4.69) is 11.8 Å². The predicted octanol–water partition coefficient (Wildman–Crippen LogP) is 2.60. The molecular weight excluding hydrogens is 228 g/mol. The van der Waals surface area contributed by atoms with Crippen LogP contribution in [0, 0.1) is 23.7 Å². The third kappa shape index (κ3) is 7.13. The lowest BCUT2D eigenvalue weighted by Crippen LogP contribution is -1.94. The van der Waals surface area contributed by atoms with Crippen molar-refractivity contribution in [3.63, 3.8) is 0 Å². The van der Waals surface area contributed by atoms with Gasteiger partial charge in [0.15, 0.2) is 0 Å². The SMILES string of the molecule is CC(O)C#C/C=C\CC[C@H]1C[C@H]1CCCC(=O)O. The highest BCUT2D eigenvalue weighted by Gasteiger charge is 2.35. The van der Waals surface area contributed by atoms with Gasteiger partial charge in [0.1, 0.15) is 6.10 Å². The Hall–Kier alpha value is -1.27. The van der Waals surface area contributed by atoms with Crippen LogP contribution in [0.4, 0.5) is 0 Å². The topological polar surface area (TPSA) is 57.5 Å². The normalized spacial score (nSPS) is 23.4. The van der Waals surface area contributed by atoms with Crippen molar-refractivity contribution in [2.75, 3.05) is 0 Å². The molecule has 0 aromatic heterocycles. The molecule has 0 bridgehead atoms. The second-order valence-electron chi connectivity index (χ2n) is 4.99. The highest BCUT2D eigenvalue weighted by molar-refractivity contribution is 5.66. The maximum Gasteiger partial charge on any atom is 0.303 e. The van der Waals surface area contributed by atoms with Crippen molar-refractivity contribution in [2.24, 2.45) is 11.8 Å². The number of carbonyl (C=O) groups is 1. The van der Waals surface area contributed by atoms with Gasteiger partial charge in [-0.2, -0.15) is 0 Å². The van der Waals surface area contributed by atoms with Gasteiger partial charge in [0.2, 0.25) is 0 Å². The molecule has 18 heavy (non-hydrogen) atoms. The molecule has 1 aliphatic rings. The fourth-order valence-electron chi connectivity index (χ4n) is 2.15. The molecule has 1 rings (SSSR count). The van der Waals surface area contributed by atoms with Gasteiger partial charge in [-0.1, -0.05) is 17.9 Å². The second kappa shape index (κ2) is 7.94. The Morgan fingerprint density at radius 2 is 2.17 bits per heavy atom. The van der Waals surface area contributed by atoms with Crippen molar-refractivity contribution < 1.29 is 15.0 Å². The zero-order valence-corrected chi connectivity index (χ0v) is 10.9. The molecule has 0 heterocycles. The minimum Gasteiger partial charge on any atom is -0.481 e. The molecule has 1 aliphatic carbocycles. The average molecular weight is 250 g/mol. The van der Waals surface area contributed by atoms with E-state index in [0.717, 1.165) is 31.1 Å². The van der Waals surface area contributed by atoms with Crippen molar-refractivity contribution in [1.82, 2.24) is 0 Å². The van der Waals surface area contributed by atoms with E-state index in [0.29, 0.717) is 6.42 Å². The van der Waals surface area contributed by atoms with Gasteiger partial charge >= 0.3 is 5.97 Å². The van der Waals surface area contributed by atoms with Crippen molar-refractivity contribution in [1.29, 1.82) is 0 Å². The summed E-state index contributed by atoms with van der Waals surface area (Å²) in [5, 5.41) is 17.4. The summed E-state index contributed by atoms with van der Waals surface area (Å²) in [4.78, 5) is 10.4. The van der Waals surface area contributed by atoms with Crippen LogP contribution in [0.5, 0.6) is 0 Å². The van der Waals surface area contributed by atoms with Gasteiger partial charge in [-0.25, -0.2) is 0 Å². The molecule has 100 valence electrons. The molecule has 0 amide bonds. The number of aliphatic hydroxyl groups is 1. The lowest BCUT2D eigenvalue weighted by Gasteiger charge is -1.97. The van der Waals surface area contributed by atoms with Crippen LogP contribution >= 0.6 is 0 Å². The molecule has 0 radical (unpaired) electrons. The Morgan fingerprint density at radius 3 is 2.83 bits per heavy atom. The van der Waals surface area contributed by atoms with Crippen LogP contribution in [0.3, 0.4) is 0 Å². The maximum atomic E-state index is 10.4. The van der Waals surface area contributed by atoms with Crippen molar-refractivity contribution in [2.45, 2.75) is 51.6 Å². The number of hydrogen-bond donors (Lipinski definition) is 2. The number of aliphatic hydroxyl groups excluding tert-OH is 1. The Balaban J connectivity index is 2.00. The van der Waals surface area contributed by atoms with Gasteiger partial charge in [-0.3, -0.25) is 4.79 Å². The van der Waals surface area contributed by atoms with Crippen LogP contribution in [0.2, 0.25) is 0 Å².